The minimum absolute atomic E-state index is 0.0718. The van der Waals surface area contributed by atoms with Crippen molar-refractivity contribution in [2.75, 3.05) is 0 Å². The number of fused-ring (bicyclic) bond motifs is 1. The van der Waals surface area contributed by atoms with Gasteiger partial charge in [0.15, 0.2) is 0 Å². The predicted octanol–water partition coefficient (Wildman–Crippen LogP) is 3.82. The average Bonchev–Trinajstić information content (AvgIpc) is 2.99. The molecule has 24 heavy (non-hydrogen) atoms. The summed E-state index contributed by atoms with van der Waals surface area (Å²) in [6.07, 6.45) is 4.50. The fourth-order valence-electron chi connectivity index (χ4n) is 2.09. The number of benzene rings is 3. The molecule has 0 N–H and O–H groups in total. The molecule has 0 amide bonds. The molecule has 117 valence electrons. The summed E-state index contributed by atoms with van der Waals surface area (Å²) < 4.78 is 0.711. The van der Waals surface area contributed by atoms with E-state index in [4.69, 9.17) is 0 Å². The van der Waals surface area contributed by atoms with Gasteiger partial charge in [-0.1, -0.05) is 60.7 Å². The van der Waals surface area contributed by atoms with Crippen LogP contribution in [0.3, 0.4) is 0 Å². The molecule has 0 aromatic heterocycles. The monoisotopic (exact) mass is 391 g/mol. The van der Waals surface area contributed by atoms with E-state index in [0.717, 1.165) is 0 Å². The van der Waals surface area contributed by atoms with E-state index < -0.39 is 0 Å². The molecule has 0 heterocycles. The van der Waals surface area contributed by atoms with Crippen molar-refractivity contribution in [3.63, 3.8) is 0 Å². The fraction of sp³-hybridized carbons (Fsp3) is 0.0476. The Hall–Kier alpha value is -2.12. The normalized spacial score (nSPS) is 13.8. The number of hydrogen-bond donors (Lipinski definition) is 0. The van der Waals surface area contributed by atoms with Crippen molar-refractivity contribution in [3.8, 4) is 11.5 Å². The average molecular weight is 393 g/mol. The van der Waals surface area contributed by atoms with E-state index in [1.54, 1.807) is 49.0 Å². The number of para-hydroxylation sites is 2. The van der Waals surface area contributed by atoms with Crippen LogP contribution in [-0.4, -0.2) is 0 Å². The first-order chi connectivity index (χ1) is 11.7. The summed E-state index contributed by atoms with van der Waals surface area (Å²) in [7, 11) is 0. The Morgan fingerprint density at radius 2 is 1.08 bits per heavy atom. The Morgan fingerprint density at radius 1 is 0.625 bits per heavy atom. The molecule has 0 saturated heterocycles. The Labute approximate surface area is 158 Å². The SMILES string of the molecule is [O-]c1ccccc1.[O-]c1ccccc1.[Zr+2][CH]1C=Cc2ccccc21. The van der Waals surface area contributed by atoms with Gasteiger partial charge in [0.1, 0.15) is 0 Å². The second kappa shape index (κ2) is 9.90. The van der Waals surface area contributed by atoms with E-state index in [2.05, 4.69) is 36.4 Å². The zero-order chi connectivity index (χ0) is 17.2. The van der Waals surface area contributed by atoms with Crippen LogP contribution in [0.1, 0.15) is 14.8 Å². The van der Waals surface area contributed by atoms with Crippen LogP contribution in [0.25, 0.3) is 6.08 Å². The van der Waals surface area contributed by atoms with Crippen LogP contribution in [-0.2, 0) is 24.7 Å². The Balaban J connectivity index is 0.000000134. The van der Waals surface area contributed by atoms with Crippen molar-refractivity contribution in [2.24, 2.45) is 0 Å². The summed E-state index contributed by atoms with van der Waals surface area (Å²) in [6.45, 7) is 0. The van der Waals surface area contributed by atoms with Crippen molar-refractivity contribution in [2.45, 2.75) is 3.63 Å². The van der Waals surface area contributed by atoms with Gasteiger partial charge in [-0.25, -0.2) is 0 Å². The van der Waals surface area contributed by atoms with Gasteiger partial charge in [-0.2, -0.15) is 0 Å². The summed E-state index contributed by atoms with van der Waals surface area (Å²) in [5, 5.41) is 20.5. The molecule has 2 nitrogen and oxygen atoms in total. The van der Waals surface area contributed by atoms with Gasteiger partial charge in [0.05, 0.1) is 0 Å². The first kappa shape index (κ1) is 18.2. The molecule has 3 heteroatoms. The van der Waals surface area contributed by atoms with Crippen molar-refractivity contribution < 1.29 is 34.9 Å². The van der Waals surface area contributed by atoms with Crippen molar-refractivity contribution in [3.05, 3.63) is 102 Å². The van der Waals surface area contributed by atoms with Crippen LogP contribution in [0.5, 0.6) is 11.5 Å². The van der Waals surface area contributed by atoms with Crippen molar-refractivity contribution in [1.29, 1.82) is 0 Å². The molecule has 1 atom stereocenters. The number of rotatable bonds is 0. The molecular formula is C21H17O2Zr. The Kier molecular flexibility index (Phi) is 7.52. The van der Waals surface area contributed by atoms with Gasteiger partial charge >= 0.3 is 75.9 Å². The van der Waals surface area contributed by atoms with Crippen LogP contribution in [0.2, 0.25) is 0 Å². The van der Waals surface area contributed by atoms with E-state index in [-0.39, 0.29) is 11.5 Å². The van der Waals surface area contributed by atoms with E-state index in [9.17, 15) is 10.2 Å². The summed E-state index contributed by atoms with van der Waals surface area (Å²) in [6, 6.07) is 25.3. The fourth-order valence-corrected chi connectivity index (χ4v) is 2.97. The van der Waals surface area contributed by atoms with Gasteiger partial charge in [-0.3, -0.25) is 0 Å². The maximum absolute atomic E-state index is 10.3. The zero-order valence-electron chi connectivity index (χ0n) is 13.1. The second-order valence-corrected chi connectivity index (χ2v) is 6.62. The summed E-state index contributed by atoms with van der Waals surface area (Å²) in [5.74, 6) is 0.144. The van der Waals surface area contributed by atoms with Gasteiger partial charge in [-0.15, -0.1) is 11.5 Å². The molecule has 1 aliphatic carbocycles. The Morgan fingerprint density at radius 3 is 1.50 bits per heavy atom. The van der Waals surface area contributed by atoms with E-state index in [1.807, 2.05) is 12.1 Å². The molecule has 0 bridgehead atoms. The summed E-state index contributed by atoms with van der Waals surface area (Å²) >= 11 is 1.59. The molecule has 4 rings (SSSR count). The standard InChI is InChI=1S/C9H7.2C6H6O.Zr/c1-2-5-9-7-3-6-8(9)4-1;2*7-6-4-2-1-3-5-6;/h1-7H;2*1-5,7H;/q;;;+2/p-2. The van der Waals surface area contributed by atoms with Crippen molar-refractivity contribution in [1.82, 2.24) is 0 Å². The quantitative estimate of drug-likeness (QED) is 0.584. The minimum atomic E-state index is 0.0718. The molecule has 0 saturated carbocycles. The number of hydrogen-bond acceptors (Lipinski definition) is 2. The number of allylic oxidation sites excluding steroid dienone is 1. The van der Waals surface area contributed by atoms with E-state index >= 15 is 0 Å². The van der Waals surface area contributed by atoms with Crippen LogP contribution < -0.4 is 10.2 Å². The van der Waals surface area contributed by atoms with Crippen LogP contribution in [0, 0.1) is 0 Å². The first-order valence-electron chi connectivity index (χ1n) is 7.59. The maximum atomic E-state index is 10.3. The van der Waals surface area contributed by atoms with Crippen LogP contribution in [0.15, 0.2) is 91.0 Å². The molecule has 1 aliphatic rings. The summed E-state index contributed by atoms with van der Waals surface area (Å²) in [4.78, 5) is 0. The van der Waals surface area contributed by atoms with Gasteiger partial charge in [0.2, 0.25) is 0 Å². The van der Waals surface area contributed by atoms with Crippen LogP contribution >= 0.6 is 0 Å². The van der Waals surface area contributed by atoms with Gasteiger partial charge < -0.3 is 10.2 Å². The molecule has 0 spiro atoms. The van der Waals surface area contributed by atoms with Gasteiger partial charge in [-0.05, 0) is 0 Å². The molecule has 3 aromatic carbocycles. The van der Waals surface area contributed by atoms with E-state index in [1.165, 1.54) is 35.4 Å². The molecule has 3 aromatic rings. The first-order valence-corrected chi connectivity index (χ1v) is 9.01. The third-order valence-electron chi connectivity index (χ3n) is 3.29. The molecule has 0 fully saturated rings. The molecule has 0 aliphatic heterocycles. The third-order valence-corrected chi connectivity index (χ3v) is 4.52. The van der Waals surface area contributed by atoms with Gasteiger partial charge in [0.25, 0.3) is 0 Å². The molecule has 1 unspecified atom stereocenters. The molecule has 0 radical (unpaired) electrons. The summed E-state index contributed by atoms with van der Waals surface area (Å²) in [5.41, 5.74) is 2.91. The third kappa shape index (κ3) is 6.18. The van der Waals surface area contributed by atoms with E-state index in [0.29, 0.717) is 3.63 Å². The topological polar surface area (TPSA) is 46.1 Å². The Bertz CT molecular complexity index is 718. The second-order valence-electron chi connectivity index (χ2n) is 5.09. The zero-order valence-corrected chi connectivity index (χ0v) is 15.6. The predicted molar refractivity (Wildman–Crippen MR) is 90.0 cm³/mol. The molecular weight excluding hydrogens is 375 g/mol. The van der Waals surface area contributed by atoms with Crippen molar-refractivity contribution >= 4 is 6.08 Å². The van der Waals surface area contributed by atoms with Gasteiger partial charge in [0, 0.05) is 0 Å². The van der Waals surface area contributed by atoms with Crippen LogP contribution in [0.4, 0.5) is 0 Å².